The van der Waals surface area contributed by atoms with Crippen LogP contribution in [0.3, 0.4) is 0 Å². The Morgan fingerprint density at radius 3 is 2.32 bits per heavy atom. The largest absolute Gasteiger partial charge is 0.320 e. The summed E-state index contributed by atoms with van der Waals surface area (Å²) < 4.78 is 0. The summed E-state index contributed by atoms with van der Waals surface area (Å²) in [6, 6.07) is 22.7. The molecule has 4 rings (SSSR count). The van der Waals surface area contributed by atoms with E-state index in [4.69, 9.17) is 34.8 Å². The number of para-hydroxylation sites is 1. The highest BCUT2D eigenvalue weighted by Crippen LogP contribution is 2.42. The molecule has 0 saturated carbocycles. The van der Waals surface area contributed by atoms with Crippen LogP contribution in [0.5, 0.6) is 0 Å². The van der Waals surface area contributed by atoms with Crippen molar-refractivity contribution in [2.45, 2.75) is 11.7 Å². The predicted molar refractivity (Wildman–Crippen MR) is 138 cm³/mol. The maximum Gasteiger partial charge on any atom is 0.269 e. The lowest BCUT2D eigenvalue weighted by molar-refractivity contribution is -0.117. The quantitative estimate of drug-likeness (QED) is 0.295. The maximum absolute atomic E-state index is 13.4. The fourth-order valence-electron chi connectivity index (χ4n) is 3.41. The van der Waals surface area contributed by atoms with Gasteiger partial charge in [0.15, 0.2) is 0 Å². The minimum atomic E-state index is -0.671. The van der Waals surface area contributed by atoms with Crippen molar-refractivity contribution in [3.63, 3.8) is 0 Å². The van der Waals surface area contributed by atoms with E-state index >= 15 is 0 Å². The molecule has 1 fully saturated rings. The summed E-state index contributed by atoms with van der Waals surface area (Å²) in [6.07, 6.45) is 0.414. The second kappa shape index (κ2) is 10.5. The Morgan fingerprint density at radius 1 is 1.00 bits per heavy atom. The molecule has 1 N–H and O–H groups in total. The second-order valence-corrected chi connectivity index (χ2v) is 9.79. The van der Waals surface area contributed by atoms with Gasteiger partial charge in [-0.1, -0.05) is 76.9 Å². The number of amides is 2. The van der Waals surface area contributed by atoms with Gasteiger partial charge < -0.3 is 5.32 Å². The number of nitrogens with zero attached hydrogens (tertiary/aromatic N) is 2. The molecule has 0 bridgehead atoms. The molecular weight excluding hydrogens is 513 g/mol. The lowest BCUT2D eigenvalue weighted by atomic mass is 10.1. The zero-order valence-electron chi connectivity index (χ0n) is 17.5. The van der Waals surface area contributed by atoms with Crippen LogP contribution < -0.4 is 10.2 Å². The van der Waals surface area contributed by atoms with Crippen LogP contribution in [0.2, 0.25) is 15.1 Å². The molecule has 3 aromatic rings. The van der Waals surface area contributed by atoms with E-state index in [1.54, 1.807) is 48.5 Å². The Kier molecular flexibility index (Phi) is 7.50. The third kappa shape index (κ3) is 5.24. The molecular formula is C25H16Cl3N3O2S. The summed E-state index contributed by atoms with van der Waals surface area (Å²) >= 11 is 19.3. The molecule has 9 heteroatoms. The number of nitriles is 1. The van der Waals surface area contributed by atoms with Crippen molar-refractivity contribution < 1.29 is 9.59 Å². The molecule has 1 heterocycles. The third-order valence-electron chi connectivity index (χ3n) is 5.03. The minimum absolute atomic E-state index is 0.188. The Labute approximate surface area is 215 Å². The lowest BCUT2D eigenvalue weighted by Crippen LogP contribution is -2.30. The number of nitrogens with one attached hydrogen (secondary N) is 1. The molecule has 1 atom stereocenters. The molecule has 1 saturated heterocycles. The van der Waals surface area contributed by atoms with E-state index in [9.17, 15) is 14.9 Å². The van der Waals surface area contributed by atoms with Gasteiger partial charge in [-0.15, -0.1) is 0 Å². The normalized spacial score (nSPS) is 16.8. The van der Waals surface area contributed by atoms with Crippen molar-refractivity contribution in [2.75, 3.05) is 10.2 Å². The number of anilines is 2. The summed E-state index contributed by atoms with van der Waals surface area (Å²) in [5.41, 5.74) is 1.61. The molecule has 2 amide bonds. The van der Waals surface area contributed by atoms with E-state index in [2.05, 4.69) is 5.32 Å². The summed E-state index contributed by atoms with van der Waals surface area (Å²) in [7, 11) is 0. The van der Waals surface area contributed by atoms with Crippen LogP contribution in [0.25, 0.3) is 0 Å². The molecule has 3 aromatic carbocycles. The van der Waals surface area contributed by atoms with Gasteiger partial charge in [0.1, 0.15) is 16.7 Å². The van der Waals surface area contributed by atoms with Crippen LogP contribution >= 0.6 is 46.6 Å². The standard InChI is InChI=1S/C25H16Cl3N3O2S/c26-16-8-6-15(7-9-16)12-22-24(33)31(18-4-2-1-3-5-18)25(34-22)19(14-29)23(32)30-21-11-10-17(27)13-20(21)28/h1-11,13,22H,12H2,(H,30,32)/b25-19-/t22-/m1/s1. The molecule has 1 aliphatic rings. The van der Waals surface area contributed by atoms with Crippen LogP contribution in [-0.2, 0) is 16.0 Å². The molecule has 0 radical (unpaired) electrons. The molecule has 0 aromatic heterocycles. The first kappa shape index (κ1) is 24.2. The lowest BCUT2D eigenvalue weighted by Gasteiger charge is -2.18. The molecule has 0 aliphatic carbocycles. The number of hydrogen-bond acceptors (Lipinski definition) is 4. The average Bonchev–Trinajstić information content (AvgIpc) is 3.13. The van der Waals surface area contributed by atoms with Crippen LogP contribution in [0.1, 0.15) is 5.56 Å². The van der Waals surface area contributed by atoms with Gasteiger partial charge in [0.05, 0.1) is 16.0 Å². The van der Waals surface area contributed by atoms with Crippen molar-refractivity contribution >= 4 is 69.8 Å². The van der Waals surface area contributed by atoms with Crippen LogP contribution in [0.15, 0.2) is 83.4 Å². The Balaban J connectivity index is 1.71. The van der Waals surface area contributed by atoms with E-state index in [1.165, 1.54) is 22.7 Å². The van der Waals surface area contributed by atoms with E-state index in [0.29, 0.717) is 27.8 Å². The number of carbonyl (C=O) groups is 2. The van der Waals surface area contributed by atoms with Gasteiger partial charge in [-0.3, -0.25) is 14.5 Å². The summed E-state index contributed by atoms with van der Waals surface area (Å²) in [4.78, 5) is 28.0. The Bertz CT molecular complexity index is 1320. The highest BCUT2D eigenvalue weighted by Gasteiger charge is 2.40. The first-order valence-electron chi connectivity index (χ1n) is 10.1. The van der Waals surface area contributed by atoms with Gasteiger partial charge >= 0.3 is 0 Å². The zero-order chi connectivity index (χ0) is 24.2. The van der Waals surface area contributed by atoms with E-state index in [-0.39, 0.29) is 21.5 Å². The highest BCUT2D eigenvalue weighted by molar-refractivity contribution is 8.05. The number of benzene rings is 3. The third-order valence-corrected chi connectivity index (χ3v) is 7.10. The van der Waals surface area contributed by atoms with Gasteiger partial charge in [0.2, 0.25) is 5.91 Å². The fraction of sp³-hybridized carbons (Fsp3) is 0.0800. The van der Waals surface area contributed by atoms with Crippen molar-refractivity contribution in [1.29, 1.82) is 5.26 Å². The monoisotopic (exact) mass is 527 g/mol. The maximum atomic E-state index is 13.4. The van der Waals surface area contributed by atoms with Gasteiger partial charge in [0.25, 0.3) is 5.91 Å². The van der Waals surface area contributed by atoms with Gasteiger partial charge in [-0.2, -0.15) is 5.26 Å². The number of halogens is 3. The molecule has 170 valence electrons. The molecule has 0 unspecified atom stereocenters. The second-order valence-electron chi connectivity index (χ2n) is 7.32. The molecule has 34 heavy (non-hydrogen) atoms. The molecule has 0 spiro atoms. The molecule has 1 aliphatic heterocycles. The highest BCUT2D eigenvalue weighted by atomic mass is 35.5. The van der Waals surface area contributed by atoms with Gasteiger partial charge in [0, 0.05) is 15.7 Å². The van der Waals surface area contributed by atoms with Crippen LogP contribution in [-0.4, -0.2) is 17.1 Å². The van der Waals surface area contributed by atoms with Gasteiger partial charge in [-0.25, -0.2) is 0 Å². The van der Waals surface area contributed by atoms with Crippen LogP contribution in [0.4, 0.5) is 11.4 Å². The summed E-state index contributed by atoms with van der Waals surface area (Å²) in [5, 5.41) is 13.6. The van der Waals surface area contributed by atoms with E-state index < -0.39 is 11.2 Å². The zero-order valence-corrected chi connectivity index (χ0v) is 20.6. The number of carbonyl (C=O) groups excluding carboxylic acids is 2. The SMILES string of the molecule is N#C/C(C(=O)Nc1ccc(Cl)cc1Cl)=C1/S[C@H](Cc2ccc(Cl)cc2)C(=O)N1c1ccccc1. The number of thioether (sulfide) groups is 1. The average molecular weight is 529 g/mol. The van der Waals surface area contributed by atoms with Crippen molar-refractivity contribution in [1.82, 2.24) is 0 Å². The Hall–Kier alpha value is -2.95. The van der Waals surface area contributed by atoms with Crippen molar-refractivity contribution in [3.8, 4) is 6.07 Å². The first-order chi connectivity index (χ1) is 16.4. The van der Waals surface area contributed by atoms with Crippen LogP contribution in [0, 0.1) is 11.3 Å². The fourth-order valence-corrected chi connectivity index (χ4v) is 5.30. The first-order valence-corrected chi connectivity index (χ1v) is 12.1. The molecule has 5 nitrogen and oxygen atoms in total. The van der Waals surface area contributed by atoms with Gasteiger partial charge in [-0.05, 0) is 54.4 Å². The predicted octanol–water partition coefficient (Wildman–Crippen LogP) is 6.71. The topological polar surface area (TPSA) is 73.2 Å². The van der Waals surface area contributed by atoms with E-state index in [0.717, 1.165) is 5.56 Å². The minimum Gasteiger partial charge on any atom is -0.320 e. The number of rotatable bonds is 5. The Morgan fingerprint density at radius 2 is 1.68 bits per heavy atom. The van der Waals surface area contributed by atoms with E-state index in [1.807, 2.05) is 24.3 Å². The summed E-state index contributed by atoms with van der Waals surface area (Å²) in [6.45, 7) is 0. The van der Waals surface area contributed by atoms with Crippen molar-refractivity contribution in [2.24, 2.45) is 0 Å². The smallest absolute Gasteiger partial charge is 0.269 e. The summed E-state index contributed by atoms with van der Waals surface area (Å²) in [5.74, 6) is -0.888. The number of hydrogen-bond donors (Lipinski definition) is 1. The van der Waals surface area contributed by atoms with Crippen molar-refractivity contribution in [3.05, 3.63) is 104 Å².